The third-order valence-electron chi connectivity index (χ3n) is 3.97. The Hall–Kier alpha value is -1.52. The van der Waals surface area contributed by atoms with Crippen LogP contribution in [0.2, 0.25) is 0 Å². The van der Waals surface area contributed by atoms with E-state index in [0.29, 0.717) is 17.1 Å². The summed E-state index contributed by atoms with van der Waals surface area (Å²) in [5, 5.41) is 29.9. The summed E-state index contributed by atoms with van der Waals surface area (Å²) in [5.41, 5.74) is 2.22. The van der Waals surface area contributed by atoms with Crippen LogP contribution in [0.5, 0.6) is 0 Å². The van der Waals surface area contributed by atoms with Crippen molar-refractivity contribution in [3.63, 3.8) is 0 Å². The van der Waals surface area contributed by atoms with E-state index in [1.807, 2.05) is 0 Å². The number of carbonyl (C=O) groups is 3. The molecule has 0 bridgehead atoms. The standard InChI is InChI=1S/C13H12N8O4S3.Na.H/c22-7(1-20-4-14-18-19-20)16-8-10(23)21-9(12(24)25)6(2-26-11(8)21)3-27-13-17-15-5-28-13;;/h4-5,8,11H,1-3H2,(H,16,22)(H,24,25);;/t8-,11-;;/m1../s1. The Bertz CT molecular complexity index is 938. The number of tetrazole rings is 1. The molecule has 1 saturated heterocycles. The predicted octanol–water partition coefficient (Wildman–Crippen LogP) is -1.59. The zero-order valence-electron chi connectivity index (χ0n) is 14.0. The van der Waals surface area contributed by atoms with Crippen LogP contribution in [-0.2, 0) is 20.9 Å². The van der Waals surface area contributed by atoms with Crippen LogP contribution in [0.15, 0.2) is 27.4 Å². The quantitative estimate of drug-likeness (QED) is 0.277. The minimum atomic E-state index is -1.16. The van der Waals surface area contributed by atoms with Gasteiger partial charge in [-0.3, -0.25) is 14.5 Å². The van der Waals surface area contributed by atoms with Gasteiger partial charge in [0.25, 0.3) is 5.91 Å². The molecule has 1 fully saturated rings. The van der Waals surface area contributed by atoms with Crippen LogP contribution in [0.25, 0.3) is 0 Å². The van der Waals surface area contributed by atoms with Crippen LogP contribution < -0.4 is 5.32 Å². The molecule has 12 nitrogen and oxygen atoms in total. The zero-order chi connectivity index (χ0) is 19.7. The first kappa shape index (κ1) is 22.2. The summed E-state index contributed by atoms with van der Waals surface area (Å²) in [5.74, 6) is -1.19. The molecule has 0 aromatic carbocycles. The van der Waals surface area contributed by atoms with Gasteiger partial charge in [0.05, 0.1) is 0 Å². The number of hydrogen-bond donors (Lipinski definition) is 2. The molecule has 2 amide bonds. The van der Waals surface area contributed by atoms with Gasteiger partial charge in [-0.2, -0.15) is 0 Å². The normalized spacial score (nSPS) is 20.6. The fourth-order valence-electron chi connectivity index (χ4n) is 2.79. The molecule has 2 N–H and O–H groups in total. The van der Waals surface area contributed by atoms with E-state index in [9.17, 15) is 19.5 Å². The van der Waals surface area contributed by atoms with Crippen LogP contribution in [0, 0.1) is 0 Å². The number of nitrogens with one attached hydrogen (secondary N) is 1. The van der Waals surface area contributed by atoms with Gasteiger partial charge in [-0.15, -0.1) is 27.1 Å². The van der Waals surface area contributed by atoms with Crippen LogP contribution in [0.1, 0.15) is 0 Å². The SMILES string of the molecule is O=C(Cn1cnnn1)N[C@@H]1C(=O)N2C(C(=O)O)=C(CSc3nncs3)CS[C@H]12.[NaH]. The minimum absolute atomic E-state index is 0. The van der Waals surface area contributed by atoms with Crippen molar-refractivity contribution >= 4 is 82.2 Å². The van der Waals surface area contributed by atoms with E-state index >= 15 is 0 Å². The Balaban J connectivity index is 0.00000240. The van der Waals surface area contributed by atoms with Gasteiger partial charge in [0, 0.05) is 11.5 Å². The second-order valence-electron chi connectivity index (χ2n) is 5.71. The van der Waals surface area contributed by atoms with Crippen molar-refractivity contribution < 1.29 is 19.5 Å². The van der Waals surface area contributed by atoms with Crippen molar-refractivity contribution in [1.29, 1.82) is 0 Å². The van der Waals surface area contributed by atoms with E-state index < -0.39 is 29.2 Å². The summed E-state index contributed by atoms with van der Waals surface area (Å²) in [6.45, 7) is -0.125. The van der Waals surface area contributed by atoms with Gasteiger partial charge in [-0.05, 0) is 16.0 Å². The van der Waals surface area contributed by atoms with Gasteiger partial charge in [0.15, 0.2) is 4.34 Å². The molecule has 0 radical (unpaired) electrons. The van der Waals surface area contributed by atoms with Gasteiger partial charge < -0.3 is 10.4 Å². The van der Waals surface area contributed by atoms with Gasteiger partial charge >= 0.3 is 35.5 Å². The van der Waals surface area contributed by atoms with Crippen molar-refractivity contribution in [3.05, 3.63) is 23.1 Å². The fourth-order valence-corrected chi connectivity index (χ4v) is 5.76. The van der Waals surface area contributed by atoms with E-state index in [2.05, 4.69) is 31.0 Å². The Kier molecular flexibility index (Phi) is 7.28. The number of carboxylic acids is 1. The second kappa shape index (κ2) is 9.53. The van der Waals surface area contributed by atoms with E-state index in [-0.39, 0.29) is 41.8 Å². The molecule has 2 aliphatic heterocycles. The van der Waals surface area contributed by atoms with Crippen LogP contribution in [0.4, 0.5) is 0 Å². The Morgan fingerprint density at radius 1 is 1.38 bits per heavy atom. The first-order valence-electron chi connectivity index (χ1n) is 7.83. The summed E-state index contributed by atoms with van der Waals surface area (Å²) < 4.78 is 1.96. The van der Waals surface area contributed by atoms with Crippen molar-refractivity contribution in [2.24, 2.45) is 0 Å². The Morgan fingerprint density at radius 3 is 2.86 bits per heavy atom. The summed E-state index contributed by atoms with van der Waals surface area (Å²) in [7, 11) is 0. The maximum atomic E-state index is 12.6. The molecular formula is C13H13N8NaO4S3. The first-order chi connectivity index (χ1) is 13.5. The van der Waals surface area contributed by atoms with Crippen molar-refractivity contribution in [2.45, 2.75) is 22.3 Å². The molecule has 148 valence electrons. The molecule has 0 spiro atoms. The first-order valence-corrected chi connectivity index (χ1v) is 10.7. The molecule has 0 aliphatic carbocycles. The van der Waals surface area contributed by atoms with E-state index in [1.165, 1.54) is 50.8 Å². The third kappa shape index (κ3) is 4.64. The van der Waals surface area contributed by atoms with Gasteiger partial charge in [-0.25, -0.2) is 9.48 Å². The number of aliphatic carboxylic acids is 1. The Morgan fingerprint density at radius 2 is 2.21 bits per heavy atom. The third-order valence-corrected chi connectivity index (χ3v) is 7.26. The van der Waals surface area contributed by atoms with Gasteiger partial charge in [0.1, 0.15) is 35.5 Å². The number of carbonyl (C=O) groups excluding carboxylic acids is 2. The molecule has 4 rings (SSSR count). The average molecular weight is 464 g/mol. The molecule has 2 aromatic heterocycles. The summed E-state index contributed by atoms with van der Waals surface area (Å²) in [6, 6.07) is -0.777. The predicted molar refractivity (Wildman–Crippen MR) is 105 cm³/mol. The molecule has 16 heteroatoms. The van der Waals surface area contributed by atoms with E-state index in [0.717, 1.165) is 4.34 Å². The summed E-state index contributed by atoms with van der Waals surface area (Å²) in [6.07, 6.45) is 1.29. The van der Waals surface area contributed by atoms with Gasteiger partial charge in [0.2, 0.25) is 5.91 Å². The van der Waals surface area contributed by atoms with E-state index in [4.69, 9.17) is 0 Å². The maximum absolute atomic E-state index is 12.6. The molecular weight excluding hydrogens is 451 g/mol. The number of carboxylic acid groups (broad SMARTS) is 1. The van der Waals surface area contributed by atoms with Crippen LogP contribution >= 0.6 is 34.9 Å². The Labute approximate surface area is 198 Å². The number of thioether (sulfide) groups is 2. The van der Waals surface area contributed by atoms with Crippen LogP contribution in [0.3, 0.4) is 0 Å². The van der Waals surface area contributed by atoms with Crippen LogP contribution in [-0.4, -0.2) is 111 Å². The second-order valence-corrected chi connectivity index (χ2v) is 8.87. The molecule has 2 aliphatic rings. The molecule has 0 saturated carbocycles. The number of fused-ring (bicyclic) bond motifs is 1. The number of rotatable bonds is 7. The van der Waals surface area contributed by atoms with E-state index in [1.54, 1.807) is 5.51 Å². The number of aromatic nitrogens is 6. The summed E-state index contributed by atoms with van der Waals surface area (Å²) in [4.78, 5) is 37.7. The van der Waals surface area contributed by atoms with Crippen molar-refractivity contribution in [3.8, 4) is 0 Å². The molecule has 0 unspecified atom stereocenters. The topological polar surface area (TPSA) is 156 Å². The van der Waals surface area contributed by atoms with Crippen molar-refractivity contribution in [1.82, 2.24) is 40.6 Å². The average Bonchev–Trinajstić information content (AvgIpc) is 3.37. The summed E-state index contributed by atoms with van der Waals surface area (Å²) >= 11 is 4.16. The number of amides is 2. The number of nitrogens with zero attached hydrogens (tertiary/aromatic N) is 7. The molecule has 2 aromatic rings. The molecule has 2 atom stereocenters. The molecule has 29 heavy (non-hydrogen) atoms. The van der Waals surface area contributed by atoms with Crippen molar-refractivity contribution in [2.75, 3.05) is 11.5 Å². The zero-order valence-corrected chi connectivity index (χ0v) is 16.4. The number of hydrogen-bond acceptors (Lipinski definition) is 11. The molecule has 4 heterocycles. The monoisotopic (exact) mass is 464 g/mol. The number of β-lactam (4-membered cyclic amide) rings is 1. The van der Waals surface area contributed by atoms with Gasteiger partial charge in [-0.1, -0.05) is 23.1 Å². The fraction of sp³-hybridized carbons (Fsp3) is 0.385.